The number of aryl methyl sites for hydroxylation is 1. The lowest BCUT2D eigenvalue weighted by atomic mass is 10.2. The Morgan fingerprint density at radius 2 is 1.77 bits per heavy atom. The Bertz CT molecular complexity index is 1200. The molecular formula is C22H24ClN5O3. The van der Waals surface area contributed by atoms with Crippen LogP contribution in [-0.2, 0) is 6.54 Å². The van der Waals surface area contributed by atoms with Gasteiger partial charge < -0.3 is 10.2 Å². The summed E-state index contributed by atoms with van der Waals surface area (Å²) in [5.41, 5.74) is 0.262. The zero-order valence-corrected chi connectivity index (χ0v) is 18.4. The van der Waals surface area contributed by atoms with E-state index in [1.807, 2.05) is 38.1 Å². The van der Waals surface area contributed by atoms with Gasteiger partial charge in [-0.3, -0.25) is 14.2 Å². The van der Waals surface area contributed by atoms with Gasteiger partial charge in [-0.1, -0.05) is 47.5 Å². The molecule has 1 N–H and O–H groups in total. The second-order valence-electron chi connectivity index (χ2n) is 7.42. The van der Waals surface area contributed by atoms with Gasteiger partial charge >= 0.3 is 5.69 Å². The summed E-state index contributed by atoms with van der Waals surface area (Å²) in [6.45, 7) is 2.77. The number of amides is 1. The van der Waals surface area contributed by atoms with E-state index in [-0.39, 0.29) is 12.2 Å². The molecule has 0 saturated carbocycles. The van der Waals surface area contributed by atoms with Gasteiger partial charge in [0, 0.05) is 18.1 Å². The molecular weight excluding hydrogens is 418 g/mol. The van der Waals surface area contributed by atoms with Gasteiger partial charge in [0.05, 0.1) is 12.2 Å². The molecule has 0 saturated heterocycles. The molecule has 8 nitrogen and oxygen atoms in total. The number of rotatable bonds is 7. The largest absolute Gasteiger partial charge is 0.352 e. The number of carbonyl (C=O) groups excluding carboxylic acids is 1. The third-order valence-electron chi connectivity index (χ3n) is 4.68. The van der Waals surface area contributed by atoms with E-state index in [0.29, 0.717) is 29.4 Å². The van der Waals surface area contributed by atoms with Crippen LogP contribution in [0.5, 0.6) is 0 Å². The summed E-state index contributed by atoms with van der Waals surface area (Å²) in [7, 11) is 3.75. The fourth-order valence-corrected chi connectivity index (χ4v) is 3.12. The fraction of sp³-hybridized carbons (Fsp3) is 0.273. The summed E-state index contributed by atoms with van der Waals surface area (Å²) in [5.74, 6) is -0.638. The topological polar surface area (TPSA) is 89.2 Å². The van der Waals surface area contributed by atoms with Gasteiger partial charge in [0.1, 0.15) is 0 Å². The second-order valence-corrected chi connectivity index (χ2v) is 7.83. The zero-order valence-electron chi connectivity index (χ0n) is 17.6. The molecule has 0 bridgehead atoms. The summed E-state index contributed by atoms with van der Waals surface area (Å²) in [6, 6.07) is 14.0. The smallest absolute Gasteiger partial charge is 0.349 e. The number of likely N-dealkylation sites (N-methyl/N-ethyl adjacent to an activating group) is 1. The van der Waals surface area contributed by atoms with Gasteiger partial charge in [-0.25, -0.2) is 4.79 Å². The van der Waals surface area contributed by atoms with Gasteiger partial charge in [-0.15, -0.1) is 0 Å². The molecule has 0 fully saturated rings. The molecule has 9 heteroatoms. The van der Waals surface area contributed by atoms with Crippen molar-refractivity contribution in [2.75, 3.05) is 27.2 Å². The number of nitrogens with zero attached hydrogens (tertiary/aromatic N) is 4. The quantitative estimate of drug-likeness (QED) is 0.602. The maximum atomic E-state index is 13.2. The van der Waals surface area contributed by atoms with E-state index in [1.165, 1.54) is 0 Å². The molecule has 162 valence electrons. The first-order valence-corrected chi connectivity index (χ1v) is 10.1. The van der Waals surface area contributed by atoms with Crippen molar-refractivity contribution in [3.8, 4) is 5.69 Å². The van der Waals surface area contributed by atoms with Crippen LogP contribution in [-0.4, -0.2) is 52.3 Å². The molecule has 0 spiro atoms. The van der Waals surface area contributed by atoms with Crippen molar-refractivity contribution in [3.05, 3.63) is 91.2 Å². The van der Waals surface area contributed by atoms with Crippen molar-refractivity contribution in [1.82, 2.24) is 24.6 Å². The first-order valence-electron chi connectivity index (χ1n) is 9.75. The zero-order chi connectivity index (χ0) is 22.5. The van der Waals surface area contributed by atoms with Gasteiger partial charge in [0.15, 0.2) is 0 Å². The Balaban J connectivity index is 2.12. The number of benzene rings is 2. The summed E-state index contributed by atoms with van der Waals surface area (Å²) >= 11 is 6.23. The average molecular weight is 442 g/mol. The van der Waals surface area contributed by atoms with E-state index in [0.717, 1.165) is 14.8 Å². The highest BCUT2D eigenvalue weighted by molar-refractivity contribution is 6.31. The van der Waals surface area contributed by atoms with Crippen LogP contribution in [0.4, 0.5) is 0 Å². The second kappa shape index (κ2) is 9.72. The minimum Gasteiger partial charge on any atom is -0.349 e. The molecule has 1 aromatic heterocycles. The fourth-order valence-electron chi connectivity index (χ4n) is 2.92. The van der Waals surface area contributed by atoms with Crippen LogP contribution < -0.4 is 16.6 Å². The monoisotopic (exact) mass is 441 g/mol. The standard InChI is InChI=1S/C22H24ClN5O3/c1-15-8-10-17(11-9-15)28-22(31)27(14-16-6-4-5-7-18(16)23)21(30)19(25-28)20(29)24-12-13-26(2)3/h4-11H,12-14H2,1-3H3,(H,24,29). The Morgan fingerprint density at radius 1 is 1.10 bits per heavy atom. The van der Waals surface area contributed by atoms with E-state index in [4.69, 9.17) is 11.6 Å². The van der Waals surface area contributed by atoms with Crippen molar-refractivity contribution >= 4 is 17.5 Å². The van der Waals surface area contributed by atoms with Crippen LogP contribution in [0.3, 0.4) is 0 Å². The Kier molecular flexibility index (Phi) is 7.04. The maximum absolute atomic E-state index is 13.2. The normalized spacial score (nSPS) is 11.0. The lowest BCUT2D eigenvalue weighted by molar-refractivity contribution is 0.0941. The number of carbonyl (C=O) groups is 1. The van der Waals surface area contributed by atoms with Crippen LogP contribution in [0.15, 0.2) is 58.1 Å². The molecule has 0 aliphatic carbocycles. The third kappa shape index (κ3) is 5.28. The minimum atomic E-state index is -0.768. The van der Waals surface area contributed by atoms with Crippen molar-refractivity contribution in [1.29, 1.82) is 0 Å². The Labute approximate surface area is 184 Å². The first-order chi connectivity index (χ1) is 14.8. The number of aromatic nitrogens is 3. The summed E-state index contributed by atoms with van der Waals surface area (Å²) < 4.78 is 2.05. The van der Waals surface area contributed by atoms with E-state index in [2.05, 4.69) is 10.4 Å². The molecule has 1 amide bonds. The van der Waals surface area contributed by atoms with Gasteiger partial charge in [-0.05, 0) is 44.8 Å². The molecule has 0 aliphatic heterocycles. The first kappa shape index (κ1) is 22.5. The summed E-state index contributed by atoms with van der Waals surface area (Å²) in [5, 5.41) is 7.21. The van der Waals surface area contributed by atoms with Crippen LogP contribution in [0.25, 0.3) is 5.69 Å². The Morgan fingerprint density at radius 3 is 2.42 bits per heavy atom. The van der Waals surface area contributed by atoms with Crippen molar-refractivity contribution in [3.63, 3.8) is 0 Å². The van der Waals surface area contributed by atoms with Crippen LogP contribution in [0.1, 0.15) is 21.6 Å². The summed E-state index contributed by atoms with van der Waals surface area (Å²) in [6.07, 6.45) is 0. The highest BCUT2D eigenvalue weighted by Crippen LogP contribution is 2.15. The lowest BCUT2D eigenvalue weighted by Gasteiger charge is -2.14. The van der Waals surface area contributed by atoms with Gasteiger partial charge in [0.2, 0.25) is 5.69 Å². The predicted octanol–water partition coefficient (Wildman–Crippen LogP) is 1.70. The SMILES string of the molecule is Cc1ccc(-n2nc(C(=O)NCCN(C)C)c(=O)n(Cc3ccccc3Cl)c2=O)cc1. The van der Waals surface area contributed by atoms with Crippen molar-refractivity contribution in [2.24, 2.45) is 0 Å². The molecule has 0 atom stereocenters. The number of hydrogen-bond acceptors (Lipinski definition) is 5. The molecule has 1 heterocycles. The molecule has 3 rings (SSSR count). The molecule has 0 radical (unpaired) electrons. The van der Waals surface area contributed by atoms with Crippen molar-refractivity contribution in [2.45, 2.75) is 13.5 Å². The van der Waals surface area contributed by atoms with Crippen LogP contribution in [0, 0.1) is 6.92 Å². The maximum Gasteiger partial charge on any atom is 0.352 e. The third-order valence-corrected chi connectivity index (χ3v) is 5.05. The lowest BCUT2D eigenvalue weighted by Crippen LogP contribution is -2.46. The highest BCUT2D eigenvalue weighted by atomic mass is 35.5. The van der Waals surface area contributed by atoms with Crippen molar-refractivity contribution < 1.29 is 4.79 Å². The average Bonchev–Trinajstić information content (AvgIpc) is 2.73. The molecule has 0 unspecified atom stereocenters. The van der Waals surface area contributed by atoms with E-state index < -0.39 is 17.2 Å². The molecule has 3 aromatic rings. The molecule has 0 aliphatic rings. The van der Waals surface area contributed by atoms with E-state index in [9.17, 15) is 14.4 Å². The Hall–Kier alpha value is -3.23. The number of nitrogens with one attached hydrogen (secondary N) is 1. The predicted molar refractivity (Wildman–Crippen MR) is 120 cm³/mol. The minimum absolute atomic E-state index is 0.0797. The van der Waals surface area contributed by atoms with E-state index >= 15 is 0 Å². The van der Waals surface area contributed by atoms with Gasteiger partial charge in [0.25, 0.3) is 11.5 Å². The number of halogens is 1. The van der Waals surface area contributed by atoms with E-state index in [1.54, 1.807) is 36.4 Å². The van der Waals surface area contributed by atoms with Gasteiger partial charge in [-0.2, -0.15) is 9.78 Å². The van der Waals surface area contributed by atoms with Crippen LogP contribution in [0.2, 0.25) is 5.02 Å². The highest BCUT2D eigenvalue weighted by Gasteiger charge is 2.20. The summed E-state index contributed by atoms with van der Waals surface area (Å²) in [4.78, 5) is 40.8. The molecule has 31 heavy (non-hydrogen) atoms. The van der Waals surface area contributed by atoms with Crippen LogP contribution >= 0.6 is 11.6 Å². The number of hydrogen-bond donors (Lipinski definition) is 1. The molecule has 2 aromatic carbocycles.